The molecule has 0 radical (unpaired) electrons. The summed E-state index contributed by atoms with van der Waals surface area (Å²) in [5.41, 5.74) is 2.23. The van der Waals surface area contributed by atoms with Crippen molar-refractivity contribution < 1.29 is 14.2 Å². The molecule has 152 valence electrons. The summed E-state index contributed by atoms with van der Waals surface area (Å²) in [5, 5.41) is 0. The van der Waals surface area contributed by atoms with E-state index in [9.17, 15) is 0 Å². The molecule has 0 aliphatic carbocycles. The second-order valence-corrected chi connectivity index (χ2v) is 7.87. The molecule has 6 nitrogen and oxygen atoms in total. The fourth-order valence-corrected chi connectivity index (χ4v) is 4.58. The van der Waals surface area contributed by atoms with Crippen molar-refractivity contribution in [2.24, 2.45) is 0 Å². The van der Waals surface area contributed by atoms with Crippen LogP contribution in [0.2, 0.25) is 0 Å². The Morgan fingerprint density at radius 1 is 1.10 bits per heavy atom. The molecule has 0 bridgehead atoms. The molecule has 0 saturated carbocycles. The summed E-state index contributed by atoms with van der Waals surface area (Å²) in [4.78, 5) is 7.32. The number of methoxy groups -OCH3 is 1. The summed E-state index contributed by atoms with van der Waals surface area (Å²) < 4.78 is 19.9. The third-order valence-electron chi connectivity index (χ3n) is 5.82. The van der Waals surface area contributed by atoms with Gasteiger partial charge in [-0.05, 0) is 43.7 Å². The molecular formula is C23H27N3O3. The number of aromatic nitrogens is 2. The number of fused-ring (bicyclic) bond motifs is 2. The Kier molecular flexibility index (Phi) is 5.12. The first kappa shape index (κ1) is 18.5. The Hall–Kier alpha value is -2.57. The van der Waals surface area contributed by atoms with Crippen molar-refractivity contribution in [2.75, 3.05) is 33.4 Å². The lowest BCUT2D eigenvalue weighted by molar-refractivity contribution is 0.0457. The summed E-state index contributed by atoms with van der Waals surface area (Å²) in [5.74, 6) is 2.70. The molecule has 3 aromatic rings. The largest absolute Gasteiger partial charge is 0.486 e. The number of imidazole rings is 1. The van der Waals surface area contributed by atoms with E-state index >= 15 is 0 Å². The van der Waals surface area contributed by atoms with E-state index in [-0.39, 0.29) is 6.10 Å². The minimum Gasteiger partial charge on any atom is -0.486 e. The van der Waals surface area contributed by atoms with Crippen LogP contribution < -0.4 is 9.47 Å². The summed E-state index contributed by atoms with van der Waals surface area (Å²) in [6, 6.07) is 16.7. The minimum atomic E-state index is 0.0571. The number of para-hydroxylation sites is 4. The van der Waals surface area contributed by atoms with Gasteiger partial charge in [0.1, 0.15) is 25.1 Å². The van der Waals surface area contributed by atoms with Crippen molar-refractivity contribution >= 4 is 11.0 Å². The fraction of sp³-hybridized carbons (Fsp3) is 0.435. The van der Waals surface area contributed by atoms with E-state index in [0.29, 0.717) is 19.3 Å². The molecule has 0 N–H and O–H groups in total. The van der Waals surface area contributed by atoms with Crippen LogP contribution in [0, 0.1) is 0 Å². The maximum Gasteiger partial charge on any atom is 0.161 e. The van der Waals surface area contributed by atoms with E-state index in [1.165, 1.54) is 5.52 Å². The number of ether oxygens (including phenoxy) is 3. The number of hydrogen-bond donors (Lipinski definition) is 0. The summed E-state index contributed by atoms with van der Waals surface area (Å²) in [6.07, 6.45) is 2.37. The van der Waals surface area contributed by atoms with Crippen molar-refractivity contribution in [1.82, 2.24) is 14.5 Å². The second-order valence-electron chi connectivity index (χ2n) is 7.87. The zero-order valence-electron chi connectivity index (χ0n) is 16.8. The first-order chi connectivity index (χ1) is 14.3. The van der Waals surface area contributed by atoms with Gasteiger partial charge in [0.2, 0.25) is 0 Å². The summed E-state index contributed by atoms with van der Waals surface area (Å²) in [7, 11) is 1.73. The van der Waals surface area contributed by atoms with Gasteiger partial charge in [-0.3, -0.25) is 4.90 Å². The van der Waals surface area contributed by atoms with Crippen LogP contribution in [0.3, 0.4) is 0 Å². The van der Waals surface area contributed by atoms with E-state index in [1.807, 2.05) is 30.3 Å². The van der Waals surface area contributed by atoms with Gasteiger partial charge in [0.15, 0.2) is 11.5 Å². The van der Waals surface area contributed by atoms with Crippen molar-refractivity contribution in [2.45, 2.75) is 31.6 Å². The third-order valence-corrected chi connectivity index (χ3v) is 5.82. The third kappa shape index (κ3) is 3.70. The molecule has 6 heteroatoms. The molecule has 1 fully saturated rings. The lowest BCUT2D eigenvalue weighted by Gasteiger charge is -2.37. The van der Waals surface area contributed by atoms with E-state index in [4.69, 9.17) is 19.2 Å². The standard InChI is InChI=1S/C23H27N3O3/c1-27-16-23-24-19-8-2-3-9-20(19)26(23)17-7-6-12-25(13-17)14-18-15-28-21-10-4-5-11-22(21)29-18/h2-5,8-11,17-18H,6-7,12-16H2,1H3/t17-,18-/m0/s1. The highest BCUT2D eigenvalue weighted by atomic mass is 16.6. The van der Waals surface area contributed by atoms with Gasteiger partial charge in [-0.25, -0.2) is 4.98 Å². The molecule has 29 heavy (non-hydrogen) atoms. The number of hydrogen-bond acceptors (Lipinski definition) is 5. The Balaban J connectivity index is 1.33. The van der Waals surface area contributed by atoms with Crippen LogP contribution in [0.5, 0.6) is 11.5 Å². The lowest BCUT2D eigenvalue weighted by Crippen LogP contribution is -2.45. The highest BCUT2D eigenvalue weighted by Gasteiger charge is 2.29. The molecule has 2 aliphatic rings. The molecule has 1 saturated heterocycles. The molecule has 3 heterocycles. The molecule has 2 aliphatic heterocycles. The van der Waals surface area contributed by atoms with Gasteiger partial charge in [0, 0.05) is 26.2 Å². The Morgan fingerprint density at radius 2 is 1.93 bits per heavy atom. The number of benzene rings is 2. The fourth-order valence-electron chi connectivity index (χ4n) is 4.58. The van der Waals surface area contributed by atoms with Gasteiger partial charge in [0.25, 0.3) is 0 Å². The van der Waals surface area contributed by atoms with E-state index in [1.54, 1.807) is 7.11 Å². The Bertz CT molecular complexity index is 986. The van der Waals surface area contributed by atoms with E-state index < -0.39 is 0 Å². The molecule has 0 amide bonds. The van der Waals surface area contributed by atoms with Gasteiger partial charge >= 0.3 is 0 Å². The molecule has 0 spiro atoms. The van der Waals surface area contributed by atoms with Crippen molar-refractivity contribution in [3.05, 3.63) is 54.4 Å². The van der Waals surface area contributed by atoms with E-state index in [2.05, 4.69) is 27.7 Å². The quantitative estimate of drug-likeness (QED) is 0.662. The van der Waals surface area contributed by atoms with Gasteiger partial charge in [-0.15, -0.1) is 0 Å². The normalized spacial score (nSPS) is 22.1. The maximum absolute atomic E-state index is 6.19. The van der Waals surface area contributed by atoms with Crippen LogP contribution in [-0.2, 0) is 11.3 Å². The van der Waals surface area contributed by atoms with Crippen LogP contribution in [0.15, 0.2) is 48.5 Å². The zero-order chi connectivity index (χ0) is 19.6. The van der Waals surface area contributed by atoms with Crippen LogP contribution in [0.25, 0.3) is 11.0 Å². The van der Waals surface area contributed by atoms with Crippen LogP contribution in [-0.4, -0.2) is 53.9 Å². The molecule has 5 rings (SSSR count). The minimum absolute atomic E-state index is 0.0571. The van der Waals surface area contributed by atoms with Crippen molar-refractivity contribution in [3.8, 4) is 11.5 Å². The first-order valence-electron chi connectivity index (χ1n) is 10.4. The molecule has 0 unspecified atom stereocenters. The van der Waals surface area contributed by atoms with Gasteiger partial charge in [0.05, 0.1) is 11.0 Å². The predicted octanol–water partition coefficient (Wildman–Crippen LogP) is 3.66. The number of likely N-dealkylation sites (tertiary alicyclic amines) is 1. The average Bonchev–Trinajstić information content (AvgIpc) is 3.12. The van der Waals surface area contributed by atoms with Crippen molar-refractivity contribution in [3.63, 3.8) is 0 Å². The summed E-state index contributed by atoms with van der Waals surface area (Å²) >= 11 is 0. The van der Waals surface area contributed by atoms with Crippen LogP contribution >= 0.6 is 0 Å². The zero-order valence-corrected chi connectivity index (χ0v) is 16.8. The Morgan fingerprint density at radius 3 is 2.83 bits per heavy atom. The Labute approximate surface area is 171 Å². The monoisotopic (exact) mass is 393 g/mol. The molecule has 1 aromatic heterocycles. The number of rotatable bonds is 5. The highest BCUT2D eigenvalue weighted by Crippen LogP contribution is 2.32. The molecule has 2 atom stereocenters. The highest BCUT2D eigenvalue weighted by molar-refractivity contribution is 5.76. The predicted molar refractivity (Wildman–Crippen MR) is 112 cm³/mol. The second kappa shape index (κ2) is 8.05. The smallest absolute Gasteiger partial charge is 0.161 e. The molecular weight excluding hydrogens is 366 g/mol. The van der Waals surface area contributed by atoms with Gasteiger partial charge < -0.3 is 18.8 Å². The van der Waals surface area contributed by atoms with Crippen molar-refractivity contribution in [1.29, 1.82) is 0 Å². The lowest BCUT2D eigenvalue weighted by atomic mass is 10.0. The van der Waals surface area contributed by atoms with Gasteiger partial charge in [-0.1, -0.05) is 24.3 Å². The van der Waals surface area contributed by atoms with Crippen LogP contribution in [0.4, 0.5) is 0 Å². The summed E-state index contributed by atoms with van der Waals surface area (Å²) in [6.45, 7) is 4.07. The number of nitrogens with zero attached hydrogens (tertiary/aromatic N) is 3. The molecule has 2 aromatic carbocycles. The number of piperidine rings is 1. The van der Waals surface area contributed by atoms with E-state index in [0.717, 1.165) is 55.3 Å². The maximum atomic E-state index is 6.19. The van der Waals surface area contributed by atoms with Crippen LogP contribution in [0.1, 0.15) is 24.7 Å². The first-order valence-corrected chi connectivity index (χ1v) is 10.4. The van der Waals surface area contributed by atoms with Gasteiger partial charge in [-0.2, -0.15) is 0 Å². The SMILES string of the molecule is COCc1nc2ccccc2n1[C@H]1CCCN(C[C@H]2COc3ccccc3O2)C1. The average molecular weight is 393 g/mol. The topological polar surface area (TPSA) is 48.8 Å².